The summed E-state index contributed by atoms with van der Waals surface area (Å²) in [6, 6.07) is 6.59. The maximum atomic E-state index is 13.6. The Kier molecular flexibility index (Phi) is 4.76. The second kappa shape index (κ2) is 6.29. The van der Waals surface area contributed by atoms with Crippen LogP contribution in [0.5, 0.6) is 0 Å². The Hall–Kier alpha value is -1.93. The molecule has 2 aromatic carbocycles. The highest BCUT2D eigenvalue weighted by Crippen LogP contribution is 2.30. The first-order valence-electron chi connectivity index (χ1n) is 6.45. The molecule has 0 fully saturated rings. The van der Waals surface area contributed by atoms with E-state index in [1.54, 1.807) is 13.0 Å². The average Bonchev–Trinajstić information content (AvgIpc) is 2.45. The van der Waals surface area contributed by atoms with Crippen LogP contribution < -0.4 is 4.72 Å². The zero-order valence-corrected chi connectivity index (χ0v) is 14.6. The summed E-state index contributed by atoms with van der Waals surface area (Å²) in [7, 11) is -4.12. The van der Waals surface area contributed by atoms with Crippen molar-refractivity contribution in [1.82, 2.24) is 0 Å². The Morgan fingerprint density at radius 3 is 2.35 bits per heavy atom. The third-order valence-corrected chi connectivity index (χ3v) is 5.27. The summed E-state index contributed by atoms with van der Waals surface area (Å²) >= 11 is 3.09. The minimum Gasteiger partial charge on any atom is -0.478 e. The lowest BCUT2D eigenvalue weighted by molar-refractivity contribution is 0.0697. The van der Waals surface area contributed by atoms with Crippen molar-refractivity contribution in [3.05, 3.63) is 57.3 Å². The number of nitrogens with one attached hydrogen (secondary N) is 1. The fourth-order valence-electron chi connectivity index (χ4n) is 1.96. The van der Waals surface area contributed by atoms with Gasteiger partial charge in [-0.2, -0.15) is 0 Å². The van der Waals surface area contributed by atoms with Gasteiger partial charge in [0, 0.05) is 4.47 Å². The zero-order chi connectivity index (χ0) is 17.4. The number of hydrogen-bond acceptors (Lipinski definition) is 3. The van der Waals surface area contributed by atoms with Crippen LogP contribution in [0.25, 0.3) is 0 Å². The van der Waals surface area contributed by atoms with E-state index in [4.69, 9.17) is 0 Å². The summed E-state index contributed by atoms with van der Waals surface area (Å²) in [4.78, 5) is 11.1. The molecule has 0 bridgehead atoms. The minimum absolute atomic E-state index is 0.0622. The average molecular weight is 402 g/mol. The van der Waals surface area contributed by atoms with E-state index in [1.807, 2.05) is 0 Å². The van der Waals surface area contributed by atoms with Crippen LogP contribution >= 0.6 is 15.9 Å². The number of sulfonamides is 1. The van der Waals surface area contributed by atoms with Crippen molar-refractivity contribution in [1.29, 1.82) is 0 Å². The van der Waals surface area contributed by atoms with E-state index in [1.165, 1.54) is 25.1 Å². The van der Waals surface area contributed by atoms with Crippen molar-refractivity contribution in [3.63, 3.8) is 0 Å². The van der Waals surface area contributed by atoms with E-state index < -0.39 is 21.8 Å². The molecule has 0 spiro atoms. The highest BCUT2D eigenvalue weighted by atomic mass is 79.9. The molecular formula is C15H13BrFNO4S. The summed E-state index contributed by atoms with van der Waals surface area (Å²) < 4.78 is 40.9. The summed E-state index contributed by atoms with van der Waals surface area (Å²) in [5.41, 5.74) is 0.476. The summed E-state index contributed by atoms with van der Waals surface area (Å²) in [6.45, 7) is 3.09. The molecule has 8 heteroatoms. The summed E-state index contributed by atoms with van der Waals surface area (Å²) in [5.74, 6) is -1.94. The summed E-state index contributed by atoms with van der Waals surface area (Å²) in [5, 5.41) is 9.29. The van der Waals surface area contributed by atoms with Gasteiger partial charge in [-0.3, -0.25) is 4.72 Å². The molecule has 0 heterocycles. The van der Waals surface area contributed by atoms with Crippen molar-refractivity contribution in [3.8, 4) is 0 Å². The number of halogens is 2. The van der Waals surface area contributed by atoms with Crippen LogP contribution in [0.15, 0.2) is 39.7 Å². The van der Waals surface area contributed by atoms with Crippen molar-refractivity contribution >= 4 is 37.6 Å². The second-order valence-corrected chi connectivity index (χ2v) is 7.47. The van der Waals surface area contributed by atoms with Crippen molar-refractivity contribution in [2.45, 2.75) is 18.7 Å². The molecule has 0 aromatic heterocycles. The lowest BCUT2D eigenvalue weighted by Gasteiger charge is -2.14. The summed E-state index contributed by atoms with van der Waals surface area (Å²) in [6.07, 6.45) is 0. The second-order valence-electron chi connectivity index (χ2n) is 4.94. The molecule has 0 radical (unpaired) electrons. The third-order valence-electron chi connectivity index (χ3n) is 3.27. The molecule has 0 atom stereocenters. The molecule has 0 aliphatic rings. The van der Waals surface area contributed by atoms with Crippen LogP contribution in [0, 0.1) is 19.7 Å². The minimum atomic E-state index is -4.12. The van der Waals surface area contributed by atoms with E-state index in [2.05, 4.69) is 20.7 Å². The van der Waals surface area contributed by atoms with Gasteiger partial charge in [0.1, 0.15) is 5.82 Å². The maximum absolute atomic E-state index is 13.6. The Balaban J connectivity index is 2.55. The number of carboxylic acid groups (broad SMARTS) is 1. The van der Waals surface area contributed by atoms with Crippen LogP contribution in [-0.2, 0) is 10.0 Å². The monoisotopic (exact) mass is 401 g/mol. The first-order valence-corrected chi connectivity index (χ1v) is 8.72. The topological polar surface area (TPSA) is 83.5 Å². The number of carbonyl (C=O) groups is 1. The molecule has 0 unspecified atom stereocenters. The molecule has 122 valence electrons. The smallest absolute Gasteiger partial charge is 0.339 e. The normalized spacial score (nSPS) is 11.3. The van der Waals surface area contributed by atoms with Crippen LogP contribution in [0.2, 0.25) is 0 Å². The first kappa shape index (κ1) is 17.4. The van der Waals surface area contributed by atoms with Gasteiger partial charge in [-0.25, -0.2) is 17.6 Å². The van der Waals surface area contributed by atoms with Crippen molar-refractivity contribution < 1.29 is 22.7 Å². The van der Waals surface area contributed by atoms with E-state index in [0.717, 1.165) is 6.07 Å². The molecule has 2 rings (SSSR count). The number of anilines is 1. The molecule has 5 nitrogen and oxygen atoms in total. The SMILES string of the molecule is Cc1ccc(S(=O)(=O)Nc2c(C)ccc(Br)c2C(=O)O)cc1F. The molecule has 0 aliphatic heterocycles. The van der Waals surface area contributed by atoms with Crippen LogP contribution in [-0.4, -0.2) is 19.5 Å². The molecule has 0 amide bonds. The Labute approximate surface area is 141 Å². The quantitative estimate of drug-likeness (QED) is 0.817. The van der Waals surface area contributed by atoms with Gasteiger partial charge < -0.3 is 5.11 Å². The number of benzene rings is 2. The van der Waals surface area contributed by atoms with Gasteiger partial charge in [0.05, 0.1) is 16.1 Å². The lowest BCUT2D eigenvalue weighted by Crippen LogP contribution is -2.17. The van der Waals surface area contributed by atoms with Gasteiger partial charge in [0.2, 0.25) is 0 Å². The van der Waals surface area contributed by atoms with E-state index >= 15 is 0 Å². The van der Waals surface area contributed by atoms with Crippen molar-refractivity contribution in [2.75, 3.05) is 4.72 Å². The fourth-order valence-corrected chi connectivity index (χ4v) is 3.61. The number of hydrogen-bond donors (Lipinski definition) is 2. The molecule has 2 aromatic rings. The number of rotatable bonds is 4. The molecule has 0 aliphatic carbocycles. The van der Waals surface area contributed by atoms with Gasteiger partial charge in [0.15, 0.2) is 0 Å². The fraction of sp³-hybridized carbons (Fsp3) is 0.133. The van der Waals surface area contributed by atoms with Crippen LogP contribution in [0.1, 0.15) is 21.5 Å². The van der Waals surface area contributed by atoms with Gasteiger partial charge >= 0.3 is 5.97 Å². The van der Waals surface area contributed by atoms with Crippen LogP contribution in [0.3, 0.4) is 0 Å². The number of aromatic carboxylic acids is 1. The van der Waals surface area contributed by atoms with E-state index in [-0.39, 0.29) is 20.6 Å². The van der Waals surface area contributed by atoms with Crippen LogP contribution in [0.4, 0.5) is 10.1 Å². The number of carboxylic acids is 1. The Morgan fingerprint density at radius 2 is 1.78 bits per heavy atom. The third kappa shape index (κ3) is 3.53. The first-order chi connectivity index (χ1) is 10.6. The van der Waals surface area contributed by atoms with Gasteiger partial charge in [-0.1, -0.05) is 12.1 Å². The van der Waals surface area contributed by atoms with E-state index in [9.17, 15) is 22.7 Å². The molecule has 0 saturated heterocycles. The van der Waals surface area contributed by atoms with Gasteiger partial charge in [-0.15, -0.1) is 0 Å². The lowest BCUT2D eigenvalue weighted by atomic mass is 10.1. The predicted molar refractivity (Wildman–Crippen MR) is 87.8 cm³/mol. The standard InChI is InChI=1S/C15H13BrFNO4S/c1-8-3-5-10(7-12(8)17)23(21,22)18-14-9(2)4-6-11(16)13(14)15(19)20/h3-7,18H,1-2H3,(H,19,20). The zero-order valence-electron chi connectivity index (χ0n) is 12.2. The largest absolute Gasteiger partial charge is 0.478 e. The van der Waals surface area contributed by atoms with Gasteiger partial charge in [0.25, 0.3) is 10.0 Å². The maximum Gasteiger partial charge on any atom is 0.339 e. The van der Waals surface area contributed by atoms with Crippen molar-refractivity contribution in [2.24, 2.45) is 0 Å². The number of aryl methyl sites for hydroxylation is 2. The molecule has 2 N–H and O–H groups in total. The van der Waals surface area contributed by atoms with Gasteiger partial charge in [-0.05, 0) is 59.1 Å². The Morgan fingerprint density at radius 1 is 1.17 bits per heavy atom. The molecule has 23 heavy (non-hydrogen) atoms. The van der Waals surface area contributed by atoms with E-state index in [0.29, 0.717) is 11.1 Å². The molecule has 0 saturated carbocycles. The highest BCUT2D eigenvalue weighted by molar-refractivity contribution is 9.10. The predicted octanol–water partition coefficient (Wildman–Crippen LogP) is 3.70. The Bertz CT molecular complexity index is 897. The highest BCUT2D eigenvalue weighted by Gasteiger charge is 2.23. The molecular weight excluding hydrogens is 389 g/mol.